The van der Waals surface area contributed by atoms with Crippen molar-refractivity contribution in [3.63, 3.8) is 0 Å². The molecule has 27 heavy (non-hydrogen) atoms. The first-order valence-corrected chi connectivity index (χ1v) is 9.04. The minimum absolute atomic E-state index is 0.154. The van der Waals surface area contributed by atoms with Gasteiger partial charge in [0.15, 0.2) is 5.69 Å². The van der Waals surface area contributed by atoms with Crippen LogP contribution in [-0.4, -0.2) is 58.8 Å². The van der Waals surface area contributed by atoms with E-state index in [2.05, 4.69) is 44.4 Å². The van der Waals surface area contributed by atoms with Gasteiger partial charge in [-0.1, -0.05) is 30.3 Å². The minimum Gasteiger partial charge on any atom is -0.447 e. The molecule has 3 rings (SSSR count). The summed E-state index contributed by atoms with van der Waals surface area (Å²) in [5.41, 5.74) is 6.62. The van der Waals surface area contributed by atoms with Crippen LogP contribution in [0.5, 0.6) is 0 Å². The number of nitrogens with two attached hydrogens (primary N) is 1. The number of benzene rings is 1. The number of hydrogen-bond donors (Lipinski definition) is 2. The van der Waals surface area contributed by atoms with E-state index in [1.807, 2.05) is 6.07 Å². The number of carbonyl (C=O) groups is 2. The molecule has 2 heterocycles. The molecule has 8 heteroatoms. The zero-order valence-corrected chi connectivity index (χ0v) is 15.4. The van der Waals surface area contributed by atoms with Gasteiger partial charge < -0.3 is 15.5 Å². The van der Waals surface area contributed by atoms with Gasteiger partial charge in [0, 0.05) is 32.7 Å². The fourth-order valence-corrected chi connectivity index (χ4v) is 2.97. The Morgan fingerprint density at radius 1 is 1.15 bits per heavy atom. The van der Waals surface area contributed by atoms with E-state index >= 15 is 0 Å². The van der Waals surface area contributed by atoms with Crippen molar-refractivity contribution in [1.82, 2.24) is 20.1 Å². The standard InChI is InChI=1S/C19H25N5O3/c1-14(18(20)25)21-19(26)16-13-27-17(22-16)12-24-9-7-23(8-10-24)11-15-5-3-2-4-6-15/h2-6,13-14H,7-12H2,1H3,(H2,20,25)(H,21,26)/t14-/m0/s1. The molecule has 1 fully saturated rings. The third-order valence-electron chi connectivity index (χ3n) is 4.63. The summed E-state index contributed by atoms with van der Waals surface area (Å²) >= 11 is 0. The van der Waals surface area contributed by atoms with Crippen molar-refractivity contribution in [3.05, 3.63) is 53.7 Å². The van der Waals surface area contributed by atoms with E-state index in [1.165, 1.54) is 18.8 Å². The highest BCUT2D eigenvalue weighted by molar-refractivity contribution is 5.95. The number of rotatable bonds is 7. The highest BCUT2D eigenvalue weighted by Gasteiger charge is 2.21. The van der Waals surface area contributed by atoms with Gasteiger partial charge in [0.2, 0.25) is 11.8 Å². The number of carbonyl (C=O) groups excluding carboxylic acids is 2. The lowest BCUT2D eigenvalue weighted by molar-refractivity contribution is -0.119. The monoisotopic (exact) mass is 371 g/mol. The predicted octanol–water partition coefficient (Wildman–Crippen LogP) is 0.596. The van der Waals surface area contributed by atoms with Crippen LogP contribution in [0.25, 0.3) is 0 Å². The molecule has 2 aromatic rings. The van der Waals surface area contributed by atoms with Gasteiger partial charge in [0.05, 0.1) is 6.54 Å². The molecule has 144 valence electrons. The molecule has 1 aromatic heterocycles. The fourth-order valence-electron chi connectivity index (χ4n) is 2.97. The number of amides is 2. The Morgan fingerprint density at radius 3 is 2.41 bits per heavy atom. The zero-order chi connectivity index (χ0) is 19.2. The first kappa shape index (κ1) is 19.1. The third-order valence-corrected chi connectivity index (χ3v) is 4.63. The first-order chi connectivity index (χ1) is 13.0. The van der Waals surface area contributed by atoms with Crippen molar-refractivity contribution in [2.75, 3.05) is 26.2 Å². The van der Waals surface area contributed by atoms with E-state index in [9.17, 15) is 9.59 Å². The molecule has 0 radical (unpaired) electrons. The molecule has 1 aromatic carbocycles. The van der Waals surface area contributed by atoms with Crippen LogP contribution in [0.1, 0.15) is 28.9 Å². The number of aromatic nitrogens is 1. The summed E-state index contributed by atoms with van der Waals surface area (Å²) in [6.45, 7) is 6.80. The number of oxazole rings is 1. The first-order valence-electron chi connectivity index (χ1n) is 9.04. The Morgan fingerprint density at radius 2 is 1.78 bits per heavy atom. The van der Waals surface area contributed by atoms with Crippen LogP contribution < -0.4 is 11.1 Å². The second-order valence-electron chi connectivity index (χ2n) is 6.76. The van der Waals surface area contributed by atoms with Crippen LogP contribution >= 0.6 is 0 Å². The van der Waals surface area contributed by atoms with Crippen LogP contribution in [0, 0.1) is 0 Å². The lowest BCUT2D eigenvalue weighted by atomic mass is 10.2. The predicted molar refractivity (Wildman–Crippen MR) is 99.6 cm³/mol. The topological polar surface area (TPSA) is 105 Å². The van der Waals surface area contributed by atoms with Gasteiger partial charge in [-0.25, -0.2) is 4.98 Å². The third kappa shape index (κ3) is 5.38. The number of nitrogens with zero attached hydrogens (tertiary/aromatic N) is 3. The summed E-state index contributed by atoms with van der Waals surface area (Å²) in [4.78, 5) is 31.9. The minimum atomic E-state index is -0.754. The number of primary amides is 1. The second-order valence-corrected chi connectivity index (χ2v) is 6.76. The highest BCUT2D eigenvalue weighted by Crippen LogP contribution is 2.12. The number of nitrogens with one attached hydrogen (secondary N) is 1. The van der Waals surface area contributed by atoms with Gasteiger partial charge in [-0.05, 0) is 12.5 Å². The zero-order valence-electron chi connectivity index (χ0n) is 15.4. The van der Waals surface area contributed by atoms with Crippen molar-refractivity contribution in [1.29, 1.82) is 0 Å². The summed E-state index contributed by atoms with van der Waals surface area (Å²) in [5, 5.41) is 2.49. The van der Waals surface area contributed by atoms with Crippen molar-refractivity contribution >= 4 is 11.8 Å². The van der Waals surface area contributed by atoms with Crippen LogP contribution in [0.2, 0.25) is 0 Å². The quantitative estimate of drug-likeness (QED) is 0.738. The molecule has 1 aliphatic heterocycles. The molecule has 0 saturated carbocycles. The second kappa shape index (κ2) is 8.79. The van der Waals surface area contributed by atoms with Crippen LogP contribution in [-0.2, 0) is 17.9 Å². The van der Waals surface area contributed by atoms with Crippen molar-refractivity contribution in [2.24, 2.45) is 5.73 Å². The van der Waals surface area contributed by atoms with Gasteiger partial charge >= 0.3 is 0 Å². The van der Waals surface area contributed by atoms with Crippen LogP contribution in [0.15, 0.2) is 41.0 Å². The van der Waals surface area contributed by atoms with E-state index < -0.39 is 17.9 Å². The molecule has 1 saturated heterocycles. The SMILES string of the molecule is C[C@H](NC(=O)c1coc(CN2CCN(Cc3ccccc3)CC2)n1)C(N)=O. The van der Waals surface area contributed by atoms with Gasteiger partial charge in [0.25, 0.3) is 5.91 Å². The average Bonchev–Trinajstić information content (AvgIpc) is 3.13. The maximum absolute atomic E-state index is 12.0. The molecule has 0 aliphatic carbocycles. The Hall–Kier alpha value is -2.71. The lowest BCUT2D eigenvalue weighted by Crippen LogP contribution is -2.45. The summed E-state index contributed by atoms with van der Waals surface area (Å²) in [6, 6.07) is 9.68. The van der Waals surface area contributed by atoms with Crippen molar-refractivity contribution < 1.29 is 14.0 Å². The Balaban J connectivity index is 1.46. The van der Waals surface area contributed by atoms with E-state index in [0.29, 0.717) is 12.4 Å². The molecular formula is C19H25N5O3. The number of hydrogen-bond acceptors (Lipinski definition) is 6. The maximum Gasteiger partial charge on any atom is 0.273 e. The van der Waals surface area contributed by atoms with E-state index in [-0.39, 0.29) is 5.69 Å². The van der Waals surface area contributed by atoms with E-state index in [4.69, 9.17) is 10.2 Å². The Kier molecular flexibility index (Phi) is 6.20. The molecule has 0 bridgehead atoms. The van der Waals surface area contributed by atoms with Gasteiger partial charge in [-0.15, -0.1) is 0 Å². The Bertz CT molecular complexity index is 769. The summed E-state index contributed by atoms with van der Waals surface area (Å²) in [5.74, 6) is -0.576. The van der Waals surface area contributed by atoms with E-state index in [1.54, 1.807) is 0 Å². The molecule has 0 spiro atoms. The van der Waals surface area contributed by atoms with Crippen LogP contribution in [0.4, 0.5) is 0 Å². The molecule has 1 aliphatic rings. The number of piperazine rings is 1. The van der Waals surface area contributed by atoms with Crippen molar-refractivity contribution in [3.8, 4) is 0 Å². The fraction of sp³-hybridized carbons (Fsp3) is 0.421. The Labute approximate surface area is 158 Å². The van der Waals surface area contributed by atoms with Crippen molar-refractivity contribution in [2.45, 2.75) is 26.1 Å². The smallest absolute Gasteiger partial charge is 0.273 e. The summed E-state index contributed by atoms with van der Waals surface area (Å²) in [7, 11) is 0. The normalized spacial score (nSPS) is 16.8. The lowest BCUT2D eigenvalue weighted by Gasteiger charge is -2.34. The van der Waals surface area contributed by atoms with Gasteiger partial charge in [-0.3, -0.25) is 19.4 Å². The van der Waals surface area contributed by atoms with Crippen LogP contribution in [0.3, 0.4) is 0 Å². The van der Waals surface area contributed by atoms with Gasteiger partial charge in [0.1, 0.15) is 12.3 Å². The summed E-state index contributed by atoms with van der Waals surface area (Å²) in [6.07, 6.45) is 1.31. The maximum atomic E-state index is 12.0. The molecule has 0 unspecified atom stereocenters. The molecule has 8 nitrogen and oxygen atoms in total. The molecular weight excluding hydrogens is 346 g/mol. The molecule has 2 amide bonds. The highest BCUT2D eigenvalue weighted by atomic mass is 16.3. The molecule has 3 N–H and O–H groups in total. The summed E-state index contributed by atoms with van der Waals surface area (Å²) < 4.78 is 5.41. The largest absolute Gasteiger partial charge is 0.447 e. The van der Waals surface area contributed by atoms with E-state index in [0.717, 1.165) is 32.7 Å². The molecule has 1 atom stereocenters. The average molecular weight is 371 g/mol. The van der Waals surface area contributed by atoms with Gasteiger partial charge in [-0.2, -0.15) is 0 Å².